The molecule has 7 nitrogen and oxygen atoms in total. The number of epoxide rings is 1. The Hall–Kier alpha value is -0.830. The fraction of sp³-hybridized carbons (Fsp3) is 0.842. The average molecular weight is 372 g/mol. The van der Waals surface area contributed by atoms with Crippen molar-refractivity contribution in [2.24, 2.45) is 17.8 Å². The number of hydrogen-bond donors (Lipinski definition) is 4. The molecule has 0 saturated carbocycles. The van der Waals surface area contributed by atoms with E-state index in [2.05, 4.69) is 0 Å². The van der Waals surface area contributed by atoms with Crippen LogP contribution >= 0.6 is 0 Å². The summed E-state index contributed by atoms with van der Waals surface area (Å²) in [5.74, 6) is -3.83. The molecule has 7 heteroatoms. The van der Waals surface area contributed by atoms with E-state index >= 15 is 0 Å². The van der Waals surface area contributed by atoms with Crippen LogP contribution in [0.1, 0.15) is 40.5 Å². The number of ketones is 1. The molecule has 2 rings (SSSR count). The van der Waals surface area contributed by atoms with Crippen molar-refractivity contribution < 1.29 is 34.7 Å². The van der Waals surface area contributed by atoms with Gasteiger partial charge in [-0.1, -0.05) is 26.0 Å². The molecule has 2 fully saturated rings. The number of allylic oxidation sites excluding steroid dienone is 1. The smallest absolute Gasteiger partial charge is 0.167 e. The summed E-state index contributed by atoms with van der Waals surface area (Å²) < 4.78 is 11.0. The summed E-state index contributed by atoms with van der Waals surface area (Å²) in [6, 6.07) is 0. The maximum Gasteiger partial charge on any atom is 0.167 e. The van der Waals surface area contributed by atoms with Gasteiger partial charge < -0.3 is 29.9 Å². The van der Waals surface area contributed by atoms with Crippen molar-refractivity contribution in [1.82, 2.24) is 0 Å². The van der Waals surface area contributed by atoms with Crippen molar-refractivity contribution in [3.8, 4) is 0 Å². The van der Waals surface area contributed by atoms with Gasteiger partial charge in [-0.25, -0.2) is 0 Å². The zero-order valence-corrected chi connectivity index (χ0v) is 16.0. The molecule has 0 amide bonds. The average Bonchev–Trinajstić information content (AvgIpc) is 3.29. The van der Waals surface area contributed by atoms with E-state index in [1.165, 1.54) is 0 Å². The molecule has 1 unspecified atom stereocenters. The second kappa shape index (κ2) is 8.04. The third-order valence-electron chi connectivity index (χ3n) is 5.83. The zero-order chi connectivity index (χ0) is 19.7. The van der Waals surface area contributed by atoms with E-state index in [1.807, 2.05) is 26.0 Å². The van der Waals surface area contributed by atoms with Gasteiger partial charge in [0.2, 0.25) is 0 Å². The van der Waals surface area contributed by atoms with Crippen LogP contribution in [0.15, 0.2) is 12.2 Å². The second-order valence-electron chi connectivity index (χ2n) is 7.73. The predicted octanol–water partition coefficient (Wildman–Crippen LogP) is 0.391. The molecule has 4 N–H and O–H groups in total. The summed E-state index contributed by atoms with van der Waals surface area (Å²) in [7, 11) is 0. The van der Waals surface area contributed by atoms with E-state index in [1.54, 1.807) is 13.8 Å². The maximum absolute atomic E-state index is 12.8. The summed E-state index contributed by atoms with van der Waals surface area (Å²) >= 11 is 0. The Morgan fingerprint density at radius 1 is 1.42 bits per heavy atom. The SMILES string of the molecule is C/C=C\[C@H](C)[C@H]1O[C@@]1(C)[C@@H](O)[C@@H](CO)C(=O)[C@@H]1COC(O)(CC)C[C@@H]1O. The van der Waals surface area contributed by atoms with Crippen molar-refractivity contribution >= 4 is 5.78 Å². The third kappa shape index (κ3) is 4.03. The molecule has 0 aromatic heterocycles. The van der Waals surface area contributed by atoms with Crippen LogP contribution in [0.2, 0.25) is 0 Å². The molecule has 0 spiro atoms. The fourth-order valence-electron chi connectivity index (χ4n) is 3.93. The fourth-order valence-corrected chi connectivity index (χ4v) is 3.93. The number of hydrogen-bond acceptors (Lipinski definition) is 7. The lowest BCUT2D eigenvalue weighted by Crippen LogP contribution is -2.53. The number of Topliss-reactive ketones (excluding diaryl/α,β-unsaturated/α-hetero) is 1. The molecule has 2 aliphatic rings. The van der Waals surface area contributed by atoms with Gasteiger partial charge in [0.1, 0.15) is 11.4 Å². The van der Waals surface area contributed by atoms with Crippen molar-refractivity contribution in [2.45, 2.75) is 70.2 Å². The van der Waals surface area contributed by atoms with Crippen LogP contribution in [0.3, 0.4) is 0 Å². The number of aliphatic hydroxyl groups excluding tert-OH is 3. The second-order valence-corrected chi connectivity index (χ2v) is 7.73. The van der Waals surface area contributed by atoms with Gasteiger partial charge in [-0.2, -0.15) is 0 Å². The van der Waals surface area contributed by atoms with Crippen molar-refractivity contribution in [3.63, 3.8) is 0 Å². The quantitative estimate of drug-likeness (QED) is 0.359. The van der Waals surface area contributed by atoms with Gasteiger partial charge in [0.05, 0.1) is 43.4 Å². The van der Waals surface area contributed by atoms with Crippen LogP contribution in [0.5, 0.6) is 0 Å². The van der Waals surface area contributed by atoms with Gasteiger partial charge in [0, 0.05) is 12.3 Å². The first-order valence-corrected chi connectivity index (χ1v) is 9.31. The van der Waals surface area contributed by atoms with Gasteiger partial charge in [-0.15, -0.1) is 0 Å². The first kappa shape index (κ1) is 21.5. The third-order valence-corrected chi connectivity index (χ3v) is 5.83. The number of carbonyl (C=O) groups is 1. The topological polar surface area (TPSA) is 120 Å². The van der Waals surface area contributed by atoms with Gasteiger partial charge in [0.15, 0.2) is 5.79 Å². The zero-order valence-electron chi connectivity index (χ0n) is 16.0. The minimum atomic E-state index is -1.44. The lowest BCUT2D eigenvalue weighted by Gasteiger charge is -2.39. The Morgan fingerprint density at radius 2 is 2.08 bits per heavy atom. The van der Waals surface area contributed by atoms with E-state index < -0.39 is 47.8 Å². The van der Waals surface area contributed by atoms with Crippen LogP contribution in [0.25, 0.3) is 0 Å². The summed E-state index contributed by atoms with van der Waals surface area (Å²) in [5, 5.41) is 40.9. The molecule has 2 aliphatic heterocycles. The molecular weight excluding hydrogens is 340 g/mol. The number of aliphatic hydroxyl groups is 4. The van der Waals surface area contributed by atoms with Crippen LogP contribution in [-0.4, -0.2) is 69.1 Å². The van der Waals surface area contributed by atoms with Gasteiger partial charge in [0.25, 0.3) is 0 Å². The van der Waals surface area contributed by atoms with E-state index in [0.29, 0.717) is 6.42 Å². The highest BCUT2D eigenvalue weighted by Gasteiger charge is 2.62. The first-order valence-electron chi connectivity index (χ1n) is 9.31. The molecule has 0 aliphatic carbocycles. The molecule has 0 bridgehead atoms. The van der Waals surface area contributed by atoms with E-state index in [-0.39, 0.29) is 25.0 Å². The maximum atomic E-state index is 12.8. The number of ether oxygens (including phenoxy) is 2. The molecule has 26 heavy (non-hydrogen) atoms. The lowest BCUT2D eigenvalue weighted by molar-refractivity contribution is -0.258. The van der Waals surface area contributed by atoms with Gasteiger partial charge in [-0.3, -0.25) is 4.79 Å². The minimum absolute atomic E-state index is 0.0669. The van der Waals surface area contributed by atoms with Crippen LogP contribution in [-0.2, 0) is 14.3 Å². The highest BCUT2D eigenvalue weighted by atomic mass is 16.6. The molecule has 150 valence electrons. The Kier molecular flexibility index (Phi) is 6.64. The molecular formula is C19H32O7. The highest BCUT2D eigenvalue weighted by Crippen LogP contribution is 2.47. The molecule has 2 saturated heterocycles. The van der Waals surface area contributed by atoms with Crippen molar-refractivity contribution in [2.75, 3.05) is 13.2 Å². The van der Waals surface area contributed by atoms with E-state index in [9.17, 15) is 25.2 Å². The van der Waals surface area contributed by atoms with Crippen molar-refractivity contribution in [3.05, 3.63) is 12.2 Å². The van der Waals surface area contributed by atoms with Crippen LogP contribution < -0.4 is 0 Å². The Bertz CT molecular complexity index is 536. The Morgan fingerprint density at radius 3 is 2.58 bits per heavy atom. The van der Waals surface area contributed by atoms with Crippen LogP contribution in [0.4, 0.5) is 0 Å². The molecule has 8 atom stereocenters. The Balaban J connectivity index is 2.07. The number of rotatable bonds is 8. The van der Waals surface area contributed by atoms with Crippen LogP contribution in [0, 0.1) is 17.8 Å². The molecule has 0 aromatic carbocycles. The monoisotopic (exact) mass is 372 g/mol. The first-order chi connectivity index (χ1) is 12.1. The summed E-state index contributed by atoms with van der Waals surface area (Å²) in [5.41, 5.74) is -0.924. The molecule has 0 radical (unpaired) electrons. The van der Waals surface area contributed by atoms with Gasteiger partial charge >= 0.3 is 0 Å². The van der Waals surface area contributed by atoms with E-state index in [0.717, 1.165) is 0 Å². The van der Waals surface area contributed by atoms with Crippen molar-refractivity contribution in [1.29, 1.82) is 0 Å². The molecule has 0 aromatic rings. The molecule has 2 heterocycles. The summed E-state index contributed by atoms with van der Waals surface area (Å²) in [6.45, 7) is 6.61. The standard InChI is InChI=1S/C19H32O7/c1-5-7-11(3)17-18(4,26-17)16(23)12(9-20)15(22)13-10-25-19(24,6-2)8-14(13)21/h5,7,11-14,16-17,20-21,23-24H,6,8-10H2,1-4H3/b7-5-/t11-,12-,13+,14-,16-,17+,18-,19?/m0/s1. The van der Waals surface area contributed by atoms with Gasteiger partial charge in [-0.05, 0) is 20.3 Å². The largest absolute Gasteiger partial charge is 0.396 e. The normalized spacial score (nSPS) is 41.0. The van der Waals surface area contributed by atoms with E-state index in [4.69, 9.17) is 9.47 Å². The summed E-state index contributed by atoms with van der Waals surface area (Å²) in [6.07, 6.45) is 1.55. The lowest BCUT2D eigenvalue weighted by atomic mass is 9.78. The summed E-state index contributed by atoms with van der Waals surface area (Å²) in [4.78, 5) is 12.8. The highest BCUT2D eigenvalue weighted by molar-refractivity contribution is 5.85. The Labute approximate surface area is 154 Å². The minimum Gasteiger partial charge on any atom is -0.396 e. The predicted molar refractivity (Wildman–Crippen MR) is 94.2 cm³/mol. The number of carbonyl (C=O) groups excluding carboxylic acids is 1.